The Hall–Kier alpha value is -4.54. The number of carbonyl (C=O) groups excluding carboxylic acids is 4. The van der Waals surface area contributed by atoms with Crippen LogP contribution < -0.4 is 10.6 Å². The molecule has 11 heteroatoms. The molecule has 0 aliphatic carbocycles. The summed E-state index contributed by atoms with van der Waals surface area (Å²) in [6.45, 7) is 1.95. The lowest BCUT2D eigenvalue weighted by Gasteiger charge is -2.29. The van der Waals surface area contributed by atoms with E-state index < -0.39 is 5.91 Å². The topological polar surface area (TPSA) is 147 Å². The van der Waals surface area contributed by atoms with Gasteiger partial charge in [-0.05, 0) is 37.1 Å². The molecular weight excluding hydrogens is 450 g/mol. The number of fused-ring (bicyclic) bond motifs is 1. The summed E-state index contributed by atoms with van der Waals surface area (Å²) in [6.07, 6.45) is 0.818. The van der Waals surface area contributed by atoms with Crippen molar-refractivity contribution in [3.63, 3.8) is 0 Å². The van der Waals surface area contributed by atoms with E-state index in [9.17, 15) is 19.2 Å². The van der Waals surface area contributed by atoms with Crippen LogP contribution in [0.4, 0.5) is 5.69 Å². The highest BCUT2D eigenvalue weighted by molar-refractivity contribution is 6.22. The number of anilines is 1. The van der Waals surface area contributed by atoms with Crippen LogP contribution in [0.5, 0.6) is 0 Å². The van der Waals surface area contributed by atoms with Crippen molar-refractivity contribution in [2.45, 2.75) is 32.2 Å². The summed E-state index contributed by atoms with van der Waals surface area (Å²) in [5.41, 5.74) is 2.47. The normalized spacial score (nSPS) is 17.2. The number of nitrogens with one attached hydrogen (secondary N) is 2. The fourth-order valence-corrected chi connectivity index (χ4v) is 4.17. The average molecular weight is 471 g/mol. The van der Waals surface area contributed by atoms with Crippen LogP contribution in [0.15, 0.2) is 42.5 Å². The van der Waals surface area contributed by atoms with E-state index in [1.165, 1.54) is 11.0 Å². The van der Waals surface area contributed by atoms with Gasteiger partial charge in [-0.1, -0.05) is 24.3 Å². The molecule has 1 saturated heterocycles. The molecule has 1 aromatic heterocycles. The second kappa shape index (κ2) is 9.01. The van der Waals surface area contributed by atoms with Crippen LogP contribution in [-0.2, 0) is 16.0 Å². The zero-order valence-electron chi connectivity index (χ0n) is 18.8. The van der Waals surface area contributed by atoms with Gasteiger partial charge in [-0.15, -0.1) is 20.4 Å². The number of aryl methyl sites for hydroxylation is 1. The fourth-order valence-electron chi connectivity index (χ4n) is 4.17. The maximum absolute atomic E-state index is 12.9. The van der Waals surface area contributed by atoms with Gasteiger partial charge in [0.2, 0.25) is 17.6 Å². The summed E-state index contributed by atoms with van der Waals surface area (Å²) < 4.78 is 0. The molecule has 0 saturated carbocycles. The molecule has 4 amide bonds. The van der Waals surface area contributed by atoms with Crippen molar-refractivity contribution in [3.8, 4) is 11.4 Å². The molecule has 0 spiro atoms. The molecule has 2 aromatic carbocycles. The SMILES string of the molecule is Cc1nnc(-c2ccc(CC(=O)Nc3ccc4c(c3)C(=O)N(C3CCC(=O)NC3)C4=O)cc2)nn1. The molecule has 0 bridgehead atoms. The van der Waals surface area contributed by atoms with Gasteiger partial charge in [0.25, 0.3) is 11.8 Å². The number of hydrogen-bond acceptors (Lipinski definition) is 8. The van der Waals surface area contributed by atoms with Crippen LogP contribution in [0.25, 0.3) is 11.4 Å². The van der Waals surface area contributed by atoms with Gasteiger partial charge >= 0.3 is 0 Å². The van der Waals surface area contributed by atoms with E-state index in [1.807, 2.05) is 0 Å². The third-order valence-electron chi connectivity index (χ3n) is 5.96. The number of hydrogen-bond donors (Lipinski definition) is 2. The van der Waals surface area contributed by atoms with Crippen molar-refractivity contribution in [1.82, 2.24) is 30.6 Å². The molecule has 2 aliphatic rings. The smallest absolute Gasteiger partial charge is 0.261 e. The van der Waals surface area contributed by atoms with Gasteiger partial charge < -0.3 is 10.6 Å². The third-order valence-corrected chi connectivity index (χ3v) is 5.96. The summed E-state index contributed by atoms with van der Waals surface area (Å²) in [5.74, 6) is -0.276. The van der Waals surface area contributed by atoms with Crippen molar-refractivity contribution in [1.29, 1.82) is 0 Å². The molecule has 1 fully saturated rings. The van der Waals surface area contributed by atoms with E-state index in [0.717, 1.165) is 11.1 Å². The Labute approximate surface area is 200 Å². The number of aromatic nitrogens is 4. The highest BCUT2D eigenvalue weighted by Gasteiger charge is 2.41. The zero-order chi connectivity index (χ0) is 24.5. The Balaban J connectivity index is 1.24. The van der Waals surface area contributed by atoms with Crippen molar-refractivity contribution in [2.75, 3.05) is 11.9 Å². The first-order valence-corrected chi connectivity index (χ1v) is 11.1. The maximum atomic E-state index is 12.9. The van der Waals surface area contributed by atoms with Crippen molar-refractivity contribution >= 4 is 29.3 Å². The van der Waals surface area contributed by atoms with Gasteiger partial charge in [0.1, 0.15) is 0 Å². The summed E-state index contributed by atoms with van der Waals surface area (Å²) in [4.78, 5) is 51.0. The van der Waals surface area contributed by atoms with E-state index in [4.69, 9.17) is 0 Å². The molecular formula is C24H21N7O4. The number of rotatable bonds is 5. The molecule has 11 nitrogen and oxygen atoms in total. The van der Waals surface area contributed by atoms with Crippen molar-refractivity contribution < 1.29 is 19.2 Å². The third kappa shape index (κ3) is 4.47. The number of nitrogens with zero attached hydrogens (tertiary/aromatic N) is 5. The Bertz CT molecular complexity index is 1330. The molecule has 35 heavy (non-hydrogen) atoms. The van der Waals surface area contributed by atoms with Gasteiger partial charge in [0, 0.05) is 24.2 Å². The highest BCUT2D eigenvalue weighted by Crippen LogP contribution is 2.29. The average Bonchev–Trinajstić information content (AvgIpc) is 3.10. The van der Waals surface area contributed by atoms with E-state index in [2.05, 4.69) is 31.0 Å². The summed E-state index contributed by atoms with van der Waals surface area (Å²) in [7, 11) is 0. The number of piperidine rings is 1. The lowest BCUT2D eigenvalue weighted by molar-refractivity contribution is -0.123. The van der Waals surface area contributed by atoms with Gasteiger partial charge in [0.15, 0.2) is 5.82 Å². The molecule has 5 rings (SSSR count). The standard InChI is InChI=1S/C24H21N7O4/c1-13-27-29-22(30-28-13)15-4-2-14(3-5-15)10-21(33)26-16-6-8-18-19(11-16)24(35)31(23(18)34)17-7-9-20(32)25-12-17/h2-6,8,11,17H,7,9-10,12H2,1H3,(H,25,32)(H,26,33). The minimum atomic E-state index is -0.417. The van der Waals surface area contributed by atoms with E-state index in [1.54, 1.807) is 43.3 Å². The Morgan fingerprint density at radius 3 is 2.40 bits per heavy atom. The zero-order valence-corrected chi connectivity index (χ0v) is 18.8. The van der Waals surface area contributed by atoms with Crippen LogP contribution >= 0.6 is 0 Å². The number of imide groups is 1. The molecule has 3 aromatic rings. The first kappa shape index (κ1) is 22.3. The second-order valence-electron chi connectivity index (χ2n) is 8.43. The maximum Gasteiger partial charge on any atom is 0.261 e. The largest absolute Gasteiger partial charge is 0.354 e. The van der Waals surface area contributed by atoms with Gasteiger partial charge in [-0.3, -0.25) is 24.1 Å². The lowest BCUT2D eigenvalue weighted by Crippen LogP contribution is -2.50. The Kier molecular flexibility index (Phi) is 5.73. The highest BCUT2D eigenvalue weighted by atomic mass is 16.2. The number of benzene rings is 2. The van der Waals surface area contributed by atoms with Crippen LogP contribution in [-0.4, -0.2) is 61.5 Å². The van der Waals surface area contributed by atoms with Gasteiger partial charge in [0.05, 0.1) is 23.6 Å². The Morgan fingerprint density at radius 2 is 1.71 bits per heavy atom. The fraction of sp³-hybridized carbons (Fsp3) is 0.250. The molecule has 1 atom stereocenters. The van der Waals surface area contributed by atoms with Crippen LogP contribution in [0, 0.1) is 6.92 Å². The van der Waals surface area contributed by atoms with Crippen molar-refractivity contribution in [3.05, 3.63) is 65.0 Å². The second-order valence-corrected chi connectivity index (χ2v) is 8.43. The number of amides is 4. The molecule has 2 aliphatic heterocycles. The molecule has 176 valence electrons. The summed E-state index contributed by atoms with van der Waals surface area (Å²) in [5, 5.41) is 21.3. The van der Waals surface area contributed by atoms with E-state index in [0.29, 0.717) is 29.3 Å². The van der Waals surface area contributed by atoms with Crippen LogP contribution in [0.1, 0.15) is 44.9 Å². The molecule has 2 N–H and O–H groups in total. The van der Waals surface area contributed by atoms with E-state index in [-0.39, 0.29) is 48.7 Å². The first-order valence-electron chi connectivity index (χ1n) is 11.1. The van der Waals surface area contributed by atoms with Crippen LogP contribution in [0.2, 0.25) is 0 Å². The van der Waals surface area contributed by atoms with Crippen LogP contribution in [0.3, 0.4) is 0 Å². The van der Waals surface area contributed by atoms with Gasteiger partial charge in [-0.25, -0.2) is 0 Å². The molecule has 0 radical (unpaired) electrons. The first-order chi connectivity index (χ1) is 16.9. The Morgan fingerprint density at radius 1 is 1.00 bits per heavy atom. The predicted octanol–water partition coefficient (Wildman–Crippen LogP) is 1.30. The van der Waals surface area contributed by atoms with Crippen molar-refractivity contribution in [2.24, 2.45) is 0 Å². The summed E-state index contributed by atoms with van der Waals surface area (Å²) >= 11 is 0. The number of carbonyl (C=O) groups is 4. The minimum absolute atomic E-state index is 0.0880. The molecule has 1 unspecified atom stereocenters. The minimum Gasteiger partial charge on any atom is -0.354 e. The van der Waals surface area contributed by atoms with E-state index >= 15 is 0 Å². The monoisotopic (exact) mass is 471 g/mol. The predicted molar refractivity (Wildman–Crippen MR) is 123 cm³/mol. The van der Waals surface area contributed by atoms with Gasteiger partial charge in [-0.2, -0.15) is 0 Å². The summed E-state index contributed by atoms with van der Waals surface area (Å²) in [6, 6.07) is 11.5. The quantitative estimate of drug-likeness (QED) is 0.529. The molecule has 3 heterocycles. The lowest BCUT2D eigenvalue weighted by atomic mass is 10.1.